The van der Waals surface area contributed by atoms with Gasteiger partial charge in [0.25, 0.3) is 0 Å². The van der Waals surface area contributed by atoms with Gasteiger partial charge in [-0.3, -0.25) is 0 Å². The summed E-state index contributed by atoms with van der Waals surface area (Å²) in [5, 5.41) is 2.75. The Balaban J connectivity index is 2.74. The molecule has 1 amide bonds. The molecule has 20 heavy (non-hydrogen) atoms. The molecule has 0 spiro atoms. The first-order valence-electron chi connectivity index (χ1n) is 6.46. The molecule has 0 radical (unpaired) electrons. The molecule has 0 saturated carbocycles. The maximum Gasteiger partial charge on any atom is 0.407 e. The molecule has 0 aliphatic rings. The minimum absolute atomic E-state index is 0.363. The number of carbonyl (C=O) groups is 1. The van der Waals surface area contributed by atoms with E-state index < -0.39 is 17.1 Å². The lowest BCUT2D eigenvalue weighted by Gasteiger charge is -2.28. The second kappa shape index (κ2) is 6.54. The summed E-state index contributed by atoms with van der Waals surface area (Å²) < 4.78 is 5.96. The van der Waals surface area contributed by atoms with Crippen LogP contribution in [0.2, 0.25) is 0 Å². The lowest BCUT2D eigenvalue weighted by Crippen LogP contribution is -2.45. The third-order valence-electron chi connectivity index (χ3n) is 2.81. The van der Waals surface area contributed by atoms with E-state index in [1.54, 1.807) is 0 Å². The van der Waals surface area contributed by atoms with Gasteiger partial charge in [0.2, 0.25) is 0 Å². The van der Waals surface area contributed by atoms with Gasteiger partial charge in [-0.1, -0.05) is 13.0 Å². The zero-order valence-electron chi connectivity index (χ0n) is 12.4. The van der Waals surface area contributed by atoms with Gasteiger partial charge in [-0.25, -0.2) is 9.78 Å². The van der Waals surface area contributed by atoms with Crippen molar-refractivity contribution in [2.24, 2.45) is 5.73 Å². The van der Waals surface area contributed by atoms with E-state index in [0.717, 1.165) is 10.3 Å². The van der Waals surface area contributed by atoms with E-state index >= 15 is 0 Å². The number of ether oxygens (including phenoxy) is 1. The van der Waals surface area contributed by atoms with Gasteiger partial charge >= 0.3 is 6.09 Å². The number of nitrogens with two attached hydrogens (primary N) is 1. The van der Waals surface area contributed by atoms with Crippen molar-refractivity contribution in [3.63, 3.8) is 0 Å². The Hall–Kier alpha value is -1.14. The Labute approximate surface area is 128 Å². The van der Waals surface area contributed by atoms with E-state index in [2.05, 4.69) is 26.2 Å². The molecule has 1 unspecified atom stereocenters. The molecular formula is C14H22BrN3O2. The van der Waals surface area contributed by atoms with Gasteiger partial charge in [0, 0.05) is 18.5 Å². The lowest BCUT2D eigenvalue weighted by atomic mass is 9.86. The molecule has 0 aliphatic carbocycles. The van der Waals surface area contributed by atoms with Gasteiger partial charge in [0.15, 0.2) is 0 Å². The van der Waals surface area contributed by atoms with Gasteiger partial charge in [-0.15, -0.1) is 0 Å². The third kappa shape index (κ3) is 5.09. The Morgan fingerprint density at radius 2 is 2.05 bits per heavy atom. The molecule has 0 aromatic carbocycles. The van der Waals surface area contributed by atoms with E-state index in [9.17, 15) is 4.79 Å². The van der Waals surface area contributed by atoms with E-state index in [0.29, 0.717) is 13.1 Å². The normalized spacial score (nSPS) is 14.5. The molecular weight excluding hydrogens is 322 g/mol. The molecule has 0 aliphatic heterocycles. The smallest absolute Gasteiger partial charge is 0.407 e. The number of halogens is 1. The molecule has 0 fully saturated rings. The van der Waals surface area contributed by atoms with Gasteiger partial charge < -0.3 is 15.8 Å². The lowest BCUT2D eigenvalue weighted by molar-refractivity contribution is 0.0516. The second-order valence-electron chi connectivity index (χ2n) is 5.97. The fraction of sp³-hybridized carbons (Fsp3) is 0.571. The van der Waals surface area contributed by atoms with E-state index in [1.807, 2.05) is 45.9 Å². The zero-order valence-corrected chi connectivity index (χ0v) is 14.0. The highest BCUT2D eigenvalue weighted by Gasteiger charge is 2.28. The molecule has 0 bridgehead atoms. The van der Waals surface area contributed by atoms with Crippen LogP contribution in [0.15, 0.2) is 22.8 Å². The van der Waals surface area contributed by atoms with Crippen LogP contribution in [0.3, 0.4) is 0 Å². The molecule has 1 heterocycles. The van der Waals surface area contributed by atoms with Gasteiger partial charge in [-0.05, 0) is 48.8 Å². The first-order valence-corrected chi connectivity index (χ1v) is 7.25. The van der Waals surface area contributed by atoms with Crippen LogP contribution < -0.4 is 11.1 Å². The Bertz CT molecular complexity index is 474. The van der Waals surface area contributed by atoms with Crippen LogP contribution in [0.4, 0.5) is 4.79 Å². The van der Waals surface area contributed by atoms with Crippen LogP contribution in [0.5, 0.6) is 0 Å². The zero-order chi connectivity index (χ0) is 15.4. The minimum atomic E-state index is -0.517. The average Bonchev–Trinajstić information content (AvgIpc) is 2.34. The summed E-state index contributed by atoms with van der Waals surface area (Å²) in [6, 6.07) is 5.64. The summed E-state index contributed by atoms with van der Waals surface area (Å²) in [6.45, 7) is 8.16. The summed E-state index contributed by atoms with van der Waals surface area (Å²) in [7, 11) is 0. The van der Waals surface area contributed by atoms with Crippen molar-refractivity contribution in [3.8, 4) is 0 Å². The van der Waals surface area contributed by atoms with Crippen LogP contribution in [0.1, 0.15) is 33.4 Å². The summed E-state index contributed by atoms with van der Waals surface area (Å²) >= 11 is 3.34. The number of rotatable bonds is 4. The highest BCUT2D eigenvalue weighted by atomic mass is 79.9. The topological polar surface area (TPSA) is 77.2 Å². The number of hydrogen-bond donors (Lipinski definition) is 2. The quantitative estimate of drug-likeness (QED) is 0.823. The van der Waals surface area contributed by atoms with Crippen LogP contribution in [-0.2, 0) is 10.2 Å². The Morgan fingerprint density at radius 1 is 1.40 bits per heavy atom. The van der Waals surface area contributed by atoms with E-state index in [-0.39, 0.29) is 0 Å². The molecule has 1 aromatic rings. The predicted octanol–water partition coefficient (Wildman–Crippen LogP) is 2.59. The Morgan fingerprint density at radius 3 is 2.55 bits per heavy atom. The van der Waals surface area contributed by atoms with Crippen molar-refractivity contribution < 1.29 is 9.53 Å². The molecule has 0 saturated heterocycles. The molecule has 112 valence electrons. The highest BCUT2D eigenvalue weighted by molar-refractivity contribution is 9.10. The SMILES string of the molecule is CC(C)(C)OC(=O)NCC(C)(CN)c1cccc(Br)n1. The molecule has 1 rings (SSSR count). The van der Waals surface area contributed by atoms with Gasteiger partial charge in [0.1, 0.15) is 10.2 Å². The minimum Gasteiger partial charge on any atom is -0.444 e. The summed E-state index contributed by atoms with van der Waals surface area (Å²) in [5.74, 6) is 0. The van der Waals surface area contributed by atoms with E-state index in [4.69, 9.17) is 10.5 Å². The number of pyridine rings is 1. The van der Waals surface area contributed by atoms with Crippen LogP contribution in [0.25, 0.3) is 0 Å². The standard InChI is InChI=1S/C14H22BrN3O2/c1-13(2,3)20-12(19)17-9-14(4,8-16)10-6-5-7-11(15)18-10/h5-7H,8-9,16H2,1-4H3,(H,17,19). The number of carbonyl (C=O) groups excluding carboxylic acids is 1. The maximum absolute atomic E-state index is 11.7. The number of nitrogens with one attached hydrogen (secondary N) is 1. The number of amides is 1. The van der Waals surface area contributed by atoms with Crippen molar-refractivity contribution in [2.75, 3.05) is 13.1 Å². The monoisotopic (exact) mass is 343 g/mol. The van der Waals surface area contributed by atoms with Gasteiger partial charge in [0.05, 0.1) is 5.69 Å². The van der Waals surface area contributed by atoms with Crippen molar-refractivity contribution in [1.82, 2.24) is 10.3 Å². The first-order chi connectivity index (χ1) is 9.16. The van der Waals surface area contributed by atoms with Crippen molar-refractivity contribution in [1.29, 1.82) is 0 Å². The maximum atomic E-state index is 11.7. The molecule has 3 N–H and O–H groups in total. The second-order valence-corrected chi connectivity index (χ2v) is 6.78. The fourth-order valence-corrected chi connectivity index (χ4v) is 1.94. The Kier molecular flexibility index (Phi) is 5.53. The predicted molar refractivity (Wildman–Crippen MR) is 82.6 cm³/mol. The summed E-state index contributed by atoms with van der Waals surface area (Å²) in [6.07, 6.45) is -0.452. The molecule has 5 nitrogen and oxygen atoms in total. The van der Waals surface area contributed by atoms with Crippen molar-refractivity contribution in [2.45, 2.75) is 38.7 Å². The number of aromatic nitrogens is 1. The first kappa shape index (κ1) is 16.9. The van der Waals surface area contributed by atoms with Crippen LogP contribution in [0, 0.1) is 0 Å². The molecule has 6 heteroatoms. The number of alkyl carbamates (subject to hydrolysis) is 1. The van der Waals surface area contributed by atoms with Crippen LogP contribution in [-0.4, -0.2) is 29.8 Å². The molecule has 1 aromatic heterocycles. The van der Waals surface area contributed by atoms with Crippen molar-refractivity contribution in [3.05, 3.63) is 28.5 Å². The van der Waals surface area contributed by atoms with Crippen LogP contribution >= 0.6 is 15.9 Å². The number of hydrogen-bond acceptors (Lipinski definition) is 4. The highest BCUT2D eigenvalue weighted by Crippen LogP contribution is 2.21. The third-order valence-corrected chi connectivity index (χ3v) is 3.25. The fourth-order valence-electron chi connectivity index (χ4n) is 1.59. The van der Waals surface area contributed by atoms with Crippen molar-refractivity contribution >= 4 is 22.0 Å². The largest absolute Gasteiger partial charge is 0.444 e. The average molecular weight is 344 g/mol. The number of nitrogens with zero attached hydrogens (tertiary/aromatic N) is 1. The summed E-state index contributed by atoms with van der Waals surface area (Å²) in [4.78, 5) is 16.1. The van der Waals surface area contributed by atoms with E-state index in [1.165, 1.54) is 0 Å². The summed E-state index contributed by atoms with van der Waals surface area (Å²) in [5.41, 5.74) is 5.72. The van der Waals surface area contributed by atoms with Gasteiger partial charge in [-0.2, -0.15) is 0 Å². The molecule has 1 atom stereocenters.